The highest BCUT2D eigenvalue weighted by atomic mass is 32.2. The Morgan fingerprint density at radius 2 is 2.22 bits per heavy atom. The lowest BCUT2D eigenvalue weighted by Gasteiger charge is -2.21. The third-order valence-electron chi connectivity index (χ3n) is 2.58. The van der Waals surface area contributed by atoms with Crippen LogP contribution in [0.5, 0.6) is 0 Å². The van der Waals surface area contributed by atoms with Crippen LogP contribution in [-0.4, -0.2) is 20.7 Å². The lowest BCUT2D eigenvalue weighted by atomic mass is 10.1. The first-order valence-electron chi connectivity index (χ1n) is 5.16. The minimum atomic E-state index is -1.18. The summed E-state index contributed by atoms with van der Waals surface area (Å²) < 4.78 is 11.8. The minimum absolute atomic E-state index is 0.146. The molecule has 0 saturated heterocycles. The molecule has 98 valence electrons. The van der Waals surface area contributed by atoms with Gasteiger partial charge in [0.1, 0.15) is 10.6 Å². The van der Waals surface area contributed by atoms with Crippen LogP contribution in [0.4, 0.5) is 10.1 Å². The van der Waals surface area contributed by atoms with Gasteiger partial charge in [0.15, 0.2) is 0 Å². The van der Waals surface area contributed by atoms with Gasteiger partial charge in [-0.15, -0.1) is 11.8 Å². The molecule has 0 bridgehead atoms. The maximum absolute atomic E-state index is 13.0. The average molecular weight is 273 g/mol. The highest BCUT2D eigenvalue weighted by molar-refractivity contribution is 8.01. The van der Waals surface area contributed by atoms with Crippen molar-refractivity contribution in [2.45, 2.75) is 29.9 Å². The number of hydrogen-bond donors (Lipinski definition) is 1. The molecule has 5 nitrogen and oxygen atoms in total. The van der Waals surface area contributed by atoms with Crippen molar-refractivity contribution in [2.24, 2.45) is 0 Å². The van der Waals surface area contributed by atoms with Crippen LogP contribution < -0.4 is 0 Å². The third-order valence-corrected chi connectivity index (χ3v) is 4.06. The van der Waals surface area contributed by atoms with E-state index in [1.165, 1.54) is 13.0 Å². The van der Waals surface area contributed by atoms with Crippen molar-refractivity contribution in [1.82, 2.24) is 0 Å². The van der Waals surface area contributed by atoms with E-state index in [1.54, 1.807) is 6.92 Å². The third kappa shape index (κ3) is 2.98. The molecule has 0 heterocycles. The Kier molecular flexibility index (Phi) is 4.28. The zero-order valence-electron chi connectivity index (χ0n) is 9.84. The van der Waals surface area contributed by atoms with Gasteiger partial charge in [-0.2, -0.15) is 0 Å². The van der Waals surface area contributed by atoms with Crippen molar-refractivity contribution in [3.63, 3.8) is 0 Å². The standard InChI is InChI=1S/C11H12FNO4S/c1-3-11(2,10(14)15)18-9-5-4-7(12)6-8(9)13(16)17/h4-6H,3H2,1-2H3,(H,14,15). The Morgan fingerprint density at radius 1 is 1.61 bits per heavy atom. The van der Waals surface area contributed by atoms with Gasteiger partial charge >= 0.3 is 5.97 Å². The van der Waals surface area contributed by atoms with Crippen LogP contribution in [0, 0.1) is 15.9 Å². The van der Waals surface area contributed by atoms with E-state index in [1.807, 2.05) is 0 Å². The molecule has 1 N–H and O–H groups in total. The molecule has 1 aromatic carbocycles. The zero-order valence-corrected chi connectivity index (χ0v) is 10.7. The van der Waals surface area contributed by atoms with Gasteiger partial charge < -0.3 is 5.11 Å². The lowest BCUT2D eigenvalue weighted by Crippen LogP contribution is -2.30. The number of rotatable bonds is 5. The van der Waals surface area contributed by atoms with Crippen LogP contribution in [0.15, 0.2) is 23.1 Å². The monoisotopic (exact) mass is 273 g/mol. The summed E-state index contributed by atoms with van der Waals surface area (Å²) in [6.07, 6.45) is 0.293. The molecule has 1 atom stereocenters. The first-order valence-corrected chi connectivity index (χ1v) is 5.98. The predicted molar refractivity (Wildman–Crippen MR) is 65.2 cm³/mol. The summed E-state index contributed by atoms with van der Waals surface area (Å²) in [5.41, 5.74) is -0.416. The topological polar surface area (TPSA) is 80.4 Å². The Hall–Kier alpha value is -1.63. The van der Waals surface area contributed by atoms with Gasteiger partial charge in [-0.05, 0) is 25.5 Å². The largest absolute Gasteiger partial charge is 0.480 e. The number of aliphatic carboxylic acids is 1. The smallest absolute Gasteiger partial charge is 0.319 e. The van der Waals surface area contributed by atoms with Gasteiger partial charge in [0.2, 0.25) is 0 Å². The number of carboxylic acid groups (broad SMARTS) is 1. The molecular formula is C11H12FNO4S. The summed E-state index contributed by atoms with van der Waals surface area (Å²) in [6.45, 7) is 3.16. The summed E-state index contributed by atoms with van der Waals surface area (Å²) in [4.78, 5) is 21.4. The number of benzene rings is 1. The fourth-order valence-electron chi connectivity index (χ4n) is 1.23. The molecule has 0 aliphatic heterocycles. The minimum Gasteiger partial charge on any atom is -0.480 e. The molecule has 0 fully saturated rings. The summed E-state index contributed by atoms with van der Waals surface area (Å²) in [5.74, 6) is -1.78. The number of carbonyl (C=O) groups is 1. The molecule has 0 aliphatic rings. The molecule has 0 saturated carbocycles. The van der Waals surface area contributed by atoms with Crippen molar-refractivity contribution >= 4 is 23.4 Å². The summed E-state index contributed by atoms with van der Waals surface area (Å²) >= 11 is 0.855. The van der Waals surface area contributed by atoms with E-state index in [4.69, 9.17) is 5.11 Å². The lowest BCUT2D eigenvalue weighted by molar-refractivity contribution is -0.387. The second kappa shape index (κ2) is 5.34. The maximum Gasteiger partial charge on any atom is 0.319 e. The summed E-state index contributed by atoms with van der Waals surface area (Å²) in [7, 11) is 0. The van der Waals surface area contributed by atoms with E-state index in [0.29, 0.717) is 6.42 Å². The molecule has 1 aromatic rings. The Bertz CT molecular complexity index is 494. The first kappa shape index (κ1) is 14.4. The highest BCUT2D eigenvalue weighted by Crippen LogP contribution is 2.40. The van der Waals surface area contributed by atoms with E-state index in [0.717, 1.165) is 23.9 Å². The second-order valence-corrected chi connectivity index (χ2v) is 5.41. The van der Waals surface area contributed by atoms with Crippen molar-refractivity contribution in [2.75, 3.05) is 0 Å². The number of nitro groups is 1. The number of nitro benzene ring substituents is 1. The van der Waals surface area contributed by atoms with E-state index >= 15 is 0 Å². The first-order chi connectivity index (χ1) is 8.30. The molecule has 1 rings (SSSR count). The van der Waals surface area contributed by atoms with Gasteiger partial charge in [-0.1, -0.05) is 6.92 Å². The normalized spacial score (nSPS) is 13.9. The predicted octanol–water partition coefficient (Wildman–Crippen LogP) is 3.08. The Morgan fingerprint density at radius 3 is 2.67 bits per heavy atom. The van der Waals surface area contributed by atoms with Crippen LogP contribution in [0.3, 0.4) is 0 Å². The highest BCUT2D eigenvalue weighted by Gasteiger charge is 2.34. The molecule has 0 radical (unpaired) electrons. The van der Waals surface area contributed by atoms with Crippen LogP contribution in [0.25, 0.3) is 0 Å². The van der Waals surface area contributed by atoms with Gasteiger partial charge in [-0.25, -0.2) is 4.39 Å². The molecule has 18 heavy (non-hydrogen) atoms. The number of nitrogens with zero attached hydrogens (tertiary/aromatic N) is 1. The Labute approximate surface area is 107 Å². The summed E-state index contributed by atoms with van der Waals surface area (Å²) in [5, 5.41) is 19.9. The molecule has 1 unspecified atom stereocenters. The fraction of sp³-hybridized carbons (Fsp3) is 0.364. The number of halogens is 1. The van der Waals surface area contributed by atoms with Crippen molar-refractivity contribution in [1.29, 1.82) is 0 Å². The van der Waals surface area contributed by atoms with Crippen LogP contribution in [-0.2, 0) is 4.79 Å². The molecule has 0 amide bonds. The van der Waals surface area contributed by atoms with Crippen molar-refractivity contribution in [3.8, 4) is 0 Å². The summed E-state index contributed by atoms with van der Waals surface area (Å²) in [6, 6.07) is 3.10. The zero-order chi connectivity index (χ0) is 13.9. The molecular weight excluding hydrogens is 261 g/mol. The molecule has 0 spiro atoms. The average Bonchev–Trinajstić information content (AvgIpc) is 2.30. The van der Waals surface area contributed by atoms with Crippen LogP contribution in [0.1, 0.15) is 20.3 Å². The molecule has 7 heteroatoms. The molecule has 0 aliphatic carbocycles. The SMILES string of the molecule is CCC(C)(Sc1ccc(F)cc1[N+](=O)[O-])C(=O)O. The van der Waals surface area contributed by atoms with E-state index in [-0.39, 0.29) is 4.90 Å². The second-order valence-electron chi connectivity index (χ2n) is 3.86. The number of hydrogen-bond acceptors (Lipinski definition) is 4. The van der Waals surface area contributed by atoms with E-state index in [2.05, 4.69) is 0 Å². The van der Waals surface area contributed by atoms with Crippen LogP contribution in [0.2, 0.25) is 0 Å². The quantitative estimate of drug-likeness (QED) is 0.506. The van der Waals surface area contributed by atoms with Gasteiger partial charge in [0.25, 0.3) is 5.69 Å². The Balaban J connectivity index is 3.18. The van der Waals surface area contributed by atoms with Gasteiger partial charge in [-0.3, -0.25) is 14.9 Å². The van der Waals surface area contributed by atoms with Crippen molar-refractivity contribution in [3.05, 3.63) is 34.1 Å². The van der Waals surface area contributed by atoms with Gasteiger partial charge in [0.05, 0.1) is 15.9 Å². The van der Waals surface area contributed by atoms with Crippen LogP contribution >= 0.6 is 11.8 Å². The molecule has 0 aromatic heterocycles. The van der Waals surface area contributed by atoms with E-state index < -0.39 is 27.1 Å². The number of carboxylic acids is 1. The van der Waals surface area contributed by atoms with E-state index in [9.17, 15) is 19.3 Å². The van der Waals surface area contributed by atoms with Crippen molar-refractivity contribution < 1.29 is 19.2 Å². The van der Waals surface area contributed by atoms with Gasteiger partial charge in [0, 0.05) is 0 Å². The maximum atomic E-state index is 13.0. The number of thioether (sulfide) groups is 1. The fourth-order valence-corrected chi connectivity index (χ4v) is 2.32.